The van der Waals surface area contributed by atoms with Gasteiger partial charge < -0.3 is 14.2 Å². The molecule has 1 atom stereocenters. The minimum absolute atomic E-state index is 0.122. The smallest absolute Gasteiger partial charge is 0.306 e. The highest BCUT2D eigenvalue weighted by atomic mass is 16.6. The molecule has 6 heteroatoms. The summed E-state index contributed by atoms with van der Waals surface area (Å²) in [7, 11) is 0. The van der Waals surface area contributed by atoms with Crippen LogP contribution in [-0.2, 0) is 28.6 Å². The van der Waals surface area contributed by atoms with E-state index in [1.54, 1.807) is 0 Å². The summed E-state index contributed by atoms with van der Waals surface area (Å²) in [6, 6.07) is 0. The van der Waals surface area contributed by atoms with Crippen LogP contribution in [0.3, 0.4) is 0 Å². The van der Waals surface area contributed by atoms with Crippen LogP contribution in [0.2, 0.25) is 0 Å². The summed E-state index contributed by atoms with van der Waals surface area (Å²) < 4.78 is 16.7. The van der Waals surface area contributed by atoms with Crippen LogP contribution in [0, 0.1) is 0 Å². The number of unbranched alkanes of at least 4 members (excludes halogenated alkanes) is 14. The van der Waals surface area contributed by atoms with Gasteiger partial charge in [0.15, 0.2) is 6.10 Å². The van der Waals surface area contributed by atoms with Gasteiger partial charge in [-0.25, -0.2) is 0 Å². The van der Waals surface area contributed by atoms with Crippen molar-refractivity contribution in [3.05, 3.63) is 134 Å². The molecular weight excluding hydrogens is 817 g/mol. The van der Waals surface area contributed by atoms with Crippen molar-refractivity contribution >= 4 is 17.9 Å². The van der Waals surface area contributed by atoms with Crippen molar-refractivity contribution in [2.24, 2.45) is 0 Å². The van der Waals surface area contributed by atoms with Gasteiger partial charge in [-0.3, -0.25) is 14.4 Å². The second-order valence-corrected chi connectivity index (χ2v) is 16.7. The molecule has 0 saturated carbocycles. The Kier molecular flexibility index (Phi) is 49.6. The average molecular weight is 911 g/mol. The maximum atomic E-state index is 12.8. The number of allylic oxidation sites excluding steroid dienone is 22. The lowest BCUT2D eigenvalue weighted by Gasteiger charge is -2.18. The molecule has 0 aliphatic heterocycles. The molecule has 0 amide bonds. The molecule has 0 N–H and O–H groups in total. The summed E-state index contributed by atoms with van der Waals surface area (Å²) in [5, 5.41) is 0. The topological polar surface area (TPSA) is 78.9 Å². The molecule has 0 spiro atoms. The molecule has 0 heterocycles. The predicted octanol–water partition coefficient (Wildman–Crippen LogP) is 17.5. The van der Waals surface area contributed by atoms with Crippen LogP contribution < -0.4 is 0 Å². The average Bonchev–Trinajstić information content (AvgIpc) is 3.31. The molecular formula is C60H94O6. The molecule has 0 rings (SSSR count). The summed E-state index contributed by atoms with van der Waals surface area (Å²) >= 11 is 0. The largest absolute Gasteiger partial charge is 0.462 e. The third kappa shape index (κ3) is 50.5. The van der Waals surface area contributed by atoms with Gasteiger partial charge in [0.05, 0.1) is 0 Å². The third-order valence-electron chi connectivity index (χ3n) is 10.5. The fourth-order valence-corrected chi connectivity index (χ4v) is 6.62. The van der Waals surface area contributed by atoms with Gasteiger partial charge in [0, 0.05) is 19.3 Å². The van der Waals surface area contributed by atoms with Gasteiger partial charge in [0.1, 0.15) is 13.2 Å². The first-order valence-electron chi connectivity index (χ1n) is 26.2. The first-order valence-corrected chi connectivity index (χ1v) is 26.2. The molecule has 0 aliphatic rings. The summed E-state index contributed by atoms with van der Waals surface area (Å²) in [6.07, 6.45) is 74.5. The molecule has 1 unspecified atom stereocenters. The van der Waals surface area contributed by atoms with E-state index in [2.05, 4.69) is 136 Å². The third-order valence-corrected chi connectivity index (χ3v) is 10.5. The van der Waals surface area contributed by atoms with E-state index in [-0.39, 0.29) is 31.6 Å². The first kappa shape index (κ1) is 61.5. The van der Waals surface area contributed by atoms with E-state index in [9.17, 15) is 14.4 Å². The van der Waals surface area contributed by atoms with Crippen molar-refractivity contribution in [1.82, 2.24) is 0 Å². The number of ether oxygens (including phenoxy) is 3. The Labute approximate surface area is 405 Å². The van der Waals surface area contributed by atoms with Crippen LogP contribution in [-0.4, -0.2) is 37.2 Å². The van der Waals surface area contributed by atoms with Gasteiger partial charge in [0.2, 0.25) is 0 Å². The van der Waals surface area contributed by atoms with Crippen LogP contribution in [0.1, 0.15) is 207 Å². The van der Waals surface area contributed by atoms with Gasteiger partial charge in [0.25, 0.3) is 0 Å². The van der Waals surface area contributed by atoms with Gasteiger partial charge >= 0.3 is 17.9 Å². The van der Waals surface area contributed by atoms with Crippen molar-refractivity contribution in [3.63, 3.8) is 0 Å². The second kappa shape index (κ2) is 53.2. The molecule has 0 fully saturated rings. The van der Waals surface area contributed by atoms with E-state index in [4.69, 9.17) is 14.2 Å². The van der Waals surface area contributed by atoms with Gasteiger partial charge in [-0.05, 0) is 103 Å². The van der Waals surface area contributed by atoms with Gasteiger partial charge in [-0.2, -0.15) is 0 Å². The predicted molar refractivity (Wildman–Crippen MR) is 283 cm³/mol. The minimum atomic E-state index is -0.833. The lowest BCUT2D eigenvalue weighted by Crippen LogP contribution is -2.30. The summed E-state index contributed by atoms with van der Waals surface area (Å²) in [6.45, 7) is 6.18. The second-order valence-electron chi connectivity index (χ2n) is 16.7. The summed E-state index contributed by atoms with van der Waals surface area (Å²) in [4.78, 5) is 38.0. The lowest BCUT2D eigenvalue weighted by molar-refractivity contribution is -0.166. The minimum Gasteiger partial charge on any atom is -0.462 e. The number of hydrogen-bond acceptors (Lipinski definition) is 6. The van der Waals surface area contributed by atoms with E-state index in [1.807, 2.05) is 18.2 Å². The molecule has 370 valence electrons. The number of carbonyl (C=O) groups excluding carboxylic acids is 3. The monoisotopic (exact) mass is 911 g/mol. The van der Waals surface area contributed by atoms with Gasteiger partial charge in [-0.1, -0.05) is 219 Å². The van der Waals surface area contributed by atoms with Crippen LogP contribution >= 0.6 is 0 Å². The van der Waals surface area contributed by atoms with E-state index in [0.717, 1.165) is 122 Å². The lowest BCUT2D eigenvalue weighted by atomic mass is 10.1. The van der Waals surface area contributed by atoms with Crippen LogP contribution in [0.4, 0.5) is 0 Å². The highest BCUT2D eigenvalue weighted by Crippen LogP contribution is 2.13. The zero-order valence-corrected chi connectivity index (χ0v) is 42.1. The number of rotatable bonds is 45. The Morgan fingerprint density at radius 3 is 1.08 bits per heavy atom. The van der Waals surface area contributed by atoms with Crippen molar-refractivity contribution in [3.8, 4) is 0 Å². The molecule has 0 saturated heterocycles. The Balaban J connectivity index is 4.52. The fraction of sp³-hybridized carbons (Fsp3) is 0.583. The zero-order chi connectivity index (χ0) is 47.9. The number of hydrogen-bond donors (Lipinski definition) is 0. The number of carbonyl (C=O) groups is 3. The van der Waals surface area contributed by atoms with Crippen molar-refractivity contribution in [2.45, 2.75) is 213 Å². The zero-order valence-electron chi connectivity index (χ0n) is 42.1. The van der Waals surface area contributed by atoms with Crippen LogP contribution in [0.15, 0.2) is 134 Å². The van der Waals surface area contributed by atoms with Crippen LogP contribution in [0.25, 0.3) is 0 Å². The van der Waals surface area contributed by atoms with Gasteiger partial charge in [-0.15, -0.1) is 0 Å². The van der Waals surface area contributed by atoms with Crippen molar-refractivity contribution in [1.29, 1.82) is 0 Å². The Hall–Kier alpha value is -4.45. The maximum Gasteiger partial charge on any atom is 0.306 e. The summed E-state index contributed by atoms with van der Waals surface area (Å²) in [5.74, 6) is -1.04. The highest BCUT2D eigenvalue weighted by Gasteiger charge is 2.19. The Bertz CT molecular complexity index is 1460. The quantitative estimate of drug-likeness (QED) is 0.0199. The molecule has 0 aromatic rings. The van der Waals surface area contributed by atoms with E-state index < -0.39 is 12.1 Å². The molecule has 0 aromatic heterocycles. The molecule has 0 radical (unpaired) electrons. The fourth-order valence-electron chi connectivity index (χ4n) is 6.62. The Morgan fingerprint density at radius 1 is 0.318 bits per heavy atom. The van der Waals surface area contributed by atoms with Crippen molar-refractivity contribution < 1.29 is 28.6 Å². The molecule has 0 bridgehead atoms. The first-order chi connectivity index (χ1) is 32.5. The van der Waals surface area contributed by atoms with E-state index in [1.165, 1.54) is 38.5 Å². The van der Waals surface area contributed by atoms with E-state index >= 15 is 0 Å². The molecule has 0 aliphatic carbocycles. The SMILES string of the molecule is CC/C=C/C=C/C=C/CCCCCCCC(=O)OCC(COC(=O)CCCCCCCCCCC/C=C/C/C=C/C/C=C/CC)OC(=O)CC/C=C/C/C=C/C/C=C/C/C=C/C/C=C/CC. The standard InChI is InChI=1S/C60H94O6/c1-4-7-10-13-16-19-22-25-27-29-30-31-33-35-38-41-44-47-50-53-59(62)65-56-57(55-64-58(61)52-49-46-43-40-37-34-24-21-18-15-12-9-6-3)66-60(63)54-51-48-45-42-39-36-32-28-26-23-20-17-14-11-8-5-2/h7-12,15-21,24-28,36,39,45,48,57H,4-6,13-14,22-23,29-35,37-38,40-44,46-47,49-56H2,1-3H3/b10-7+,11-8+,12-9+,18-15+,19-16+,20-17+,24-21+,27-25+,28-26+,39-36+,48-45+. The maximum absolute atomic E-state index is 12.8. The Morgan fingerprint density at radius 2 is 0.652 bits per heavy atom. The molecule has 66 heavy (non-hydrogen) atoms. The van der Waals surface area contributed by atoms with Crippen molar-refractivity contribution in [2.75, 3.05) is 13.2 Å². The highest BCUT2D eigenvalue weighted by molar-refractivity contribution is 5.71. The normalized spacial score (nSPS) is 13.2. The van der Waals surface area contributed by atoms with Crippen LogP contribution in [0.5, 0.6) is 0 Å². The number of esters is 3. The molecule has 0 aromatic carbocycles. The van der Waals surface area contributed by atoms with E-state index in [0.29, 0.717) is 19.3 Å². The summed E-state index contributed by atoms with van der Waals surface area (Å²) in [5.41, 5.74) is 0. The molecule has 6 nitrogen and oxygen atoms in total.